The maximum atomic E-state index is 12.4. The van der Waals surface area contributed by atoms with Crippen molar-refractivity contribution in [1.82, 2.24) is 19.7 Å². The van der Waals surface area contributed by atoms with Gasteiger partial charge in [-0.3, -0.25) is 14.6 Å². The maximum Gasteiger partial charge on any atom is 0.275 e. The van der Waals surface area contributed by atoms with Gasteiger partial charge in [0.2, 0.25) is 5.89 Å². The van der Waals surface area contributed by atoms with Gasteiger partial charge in [-0.25, -0.2) is 4.98 Å². The topological polar surface area (TPSA) is 52.8 Å². The molecule has 2 fully saturated rings. The number of piperazine rings is 1. The molecule has 1 aromatic heterocycles. The summed E-state index contributed by atoms with van der Waals surface area (Å²) in [5.74, 6) is 0.647. The van der Waals surface area contributed by atoms with Crippen LogP contribution in [0.15, 0.2) is 34.9 Å². The van der Waals surface area contributed by atoms with E-state index < -0.39 is 0 Å². The number of carbonyl (C=O) groups excluding carboxylic acids is 1. The number of amides is 1. The zero-order valence-corrected chi connectivity index (χ0v) is 18.6. The fraction of sp³-hybridized carbons (Fsp3) is 0.583. The molecular formula is C24H34N4O2. The molecule has 0 atom stereocenters. The largest absolute Gasteiger partial charge is 0.447 e. The highest BCUT2D eigenvalue weighted by Crippen LogP contribution is 2.23. The van der Waals surface area contributed by atoms with Gasteiger partial charge in [-0.05, 0) is 29.4 Å². The first-order chi connectivity index (χ1) is 14.4. The number of benzene rings is 1. The lowest BCUT2D eigenvalue weighted by Crippen LogP contribution is -2.45. The van der Waals surface area contributed by atoms with E-state index in [9.17, 15) is 4.79 Å². The Morgan fingerprint density at radius 2 is 1.53 bits per heavy atom. The number of likely N-dealkylation sites (tertiary alicyclic amines) is 1. The van der Waals surface area contributed by atoms with Gasteiger partial charge in [0.1, 0.15) is 6.26 Å². The minimum atomic E-state index is 0.00444. The van der Waals surface area contributed by atoms with E-state index in [1.54, 1.807) is 0 Å². The number of hydrogen-bond acceptors (Lipinski definition) is 5. The number of hydrogen-bond donors (Lipinski definition) is 0. The molecule has 2 saturated heterocycles. The summed E-state index contributed by atoms with van der Waals surface area (Å²) in [6.45, 7) is 14.1. The molecule has 3 heterocycles. The van der Waals surface area contributed by atoms with Gasteiger partial charge in [0.15, 0.2) is 5.69 Å². The molecule has 1 aromatic carbocycles. The van der Waals surface area contributed by atoms with Crippen molar-refractivity contribution in [2.75, 3.05) is 39.3 Å². The summed E-state index contributed by atoms with van der Waals surface area (Å²) in [6.07, 6.45) is 3.69. The Morgan fingerprint density at radius 1 is 0.933 bits per heavy atom. The van der Waals surface area contributed by atoms with Crippen LogP contribution >= 0.6 is 0 Å². The first kappa shape index (κ1) is 21.1. The zero-order chi connectivity index (χ0) is 21.1. The molecule has 2 aromatic rings. The predicted octanol–water partition coefficient (Wildman–Crippen LogP) is 3.53. The van der Waals surface area contributed by atoms with E-state index in [0.717, 1.165) is 58.7 Å². The Balaban J connectivity index is 1.24. The Hall–Kier alpha value is -2.18. The molecule has 6 nitrogen and oxygen atoms in total. The first-order valence-electron chi connectivity index (χ1n) is 11.2. The molecule has 0 unspecified atom stereocenters. The molecule has 0 N–H and O–H groups in total. The first-order valence-corrected chi connectivity index (χ1v) is 11.2. The van der Waals surface area contributed by atoms with E-state index in [1.807, 2.05) is 4.90 Å². The minimum absolute atomic E-state index is 0.00444. The summed E-state index contributed by atoms with van der Waals surface area (Å²) in [7, 11) is 0. The van der Waals surface area contributed by atoms with Gasteiger partial charge in [-0.15, -0.1) is 0 Å². The smallest absolute Gasteiger partial charge is 0.275 e. The molecular weight excluding hydrogens is 376 g/mol. The molecule has 6 heteroatoms. The van der Waals surface area contributed by atoms with Crippen molar-refractivity contribution in [3.8, 4) is 0 Å². The monoisotopic (exact) mass is 410 g/mol. The highest BCUT2D eigenvalue weighted by molar-refractivity contribution is 5.92. The minimum Gasteiger partial charge on any atom is -0.447 e. The lowest BCUT2D eigenvalue weighted by atomic mass is 9.87. The summed E-state index contributed by atoms with van der Waals surface area (Å²) in [5.41, 5.74) is 3.39. The standard InChI is InChI=1S/C24H34N4O2/c1-24(2,3)20-8-6-19(7-9-20)16-26-12-14-27(15-13-26)17-22-25-21(18-30-22)23(29)28-10-4-5-11-28/h6-9,18H,4-5,10-17H2,1-3H3. The highest BCUT2D eigenvalue weighted by atomic mass is 16.3. The molecule has 2 aliphatic heterocycles. The second-order valence-electron chi connectivity index (χ2n) is 9.63. The fourth-order valence-corrected chi connectivity index (χ4v) is 4.23. The predicted molar refractivity (Wildman–Crippen MR) is 117 cm³/mol. The van der Waals surface area contributed by atoms with Crippen molar-refractivity contribution in [3.05, 3.63) is 53.2 Å². The molecule has 0 spiro atoms. The van der Waals surface area contributed by atoms with Crippen LogP contribution in [-0.2, 0) is 18.5 Å². The van der Waals surface area contributed by atoms with Gasteiger partial charge in [0.25, 0.3) is 5.91 Å². The second-order valence-corrected chi connectivity index (χ2v) is 9.63. The molecule has 162 valence electrons. The maximum absolute atomic E-state index is 12.4. The van der Waals surface area contributed by atoms with Gasteiger partial charge < -0.3 is 9.32 Å². The van der Waals surface area contributed by atoms with Crippen molar-refractivity contribution in [2.24, 2.45) is 0 Å². The normalized spacial score (nSPS) is 18.8. The van der Waals surface area contributed by atoms with E-state index in [4.69, 9.17) is 4.42 Å². The van der Waals surface area contributed by atoms with Crippen molar-refractivity contribution >= 4 is 5.91 Å². The second kappa shape index (κ2) is 8.90. The van der Waals surface area contributed by atoms with Crippen LogP contribution < -0.4 is 0 Å². The van der Waals surface area contributed by atoms with Crippen molar-refractivity contribution < 1.29 is 9.21 Å². The van der Waals surface area contributed by atoms with E-state index in [2.05, 4.69) is 59.8 Å². The van der Waals surface area contributed by atoms with Crippen LogP contribution in [0, 0.1) is 0 Å². The average molecular weight is 411 g/mol. The van der Waals surface area contributed by atoms with Crippen molar-refractivity contribution in [3.63, 3.8) is 0 Å². The Bertz CT molecular complexity index is 839. The third-order valence-electron chi connectivity index (χ3n) is 6.21. The van der Waals surface area contributed by atoms with Crippen molar-refractivity contribution in [2.45, 2.75) is 52.1 Å². The third-order valence-corrected chi connectivity index (χ3v) is 6.21. The van der Waals surface area contributed by atoms with Crippen LogP contribution in [0.2, 0.25) is 0 Å². The quantitative estimate of drug-likeness (QED) is 0.755. The van der Waals surface area contributed by atoms with Gasteiger partial charge >= 0.3 is 0 Å². The molecule has 4 rings (SSSR count). The lowest BCUT2D eigenvalue weighted by Gasteiger charge is -2.34. The molecule has 30 heavy (non-hydrogen) atoms. The van der Waals surface area contributed by atoms with Crippen LogP contribution in [0.1, 0.15) is 61.1 Å². The Kier molecular flexibility index (Phi) is 6.25. The number of nitrogens with zero attached hydrogens (tertiary/aromatic N) is 4. The number of aromatic nitrogens is 1. The Labute approximate surface area is 179 Å². The van der Waals surface area contributed by atoms with Crippen LogP contribution in [0.3, 0.4) is 0 Å². The van der Waals surface area contributed by atoms with Gasteiger partial charge in [-0.2, -0.15) is 0 Å². The van der Waals surface area contributed by atoms with Gasteiger partial charge in [-0.1, -0.05) is 45.0 Å². The molecule has 0 aliphatic carbocycles. The van der Waals surface area contributed by atoms with Crippen LogP contribution in [-0.4, -0.2) is 64.9 Å². The SMILES string of the molecule is CC(C)(C)c1ccc(CN2CCN(Cc3nc(C(=O)N4CCCC4)co3)CC2)cc1. The highest BCUT2D eigenvalue weighted by Gasteiger charge is 2.24. The Morgan fingerprint density at radius 3 is 2.13 bits per heavy atom. The van der Waals surface area contributed by atoms with Gasteiger partial charge in [0.05, 0.1) is 6.54 Å². The number of oxazole rings is 1. The van der Waals surface area contributed by atoms with Crippen LogP contribution in [0.5, 0.6) is 0 Å². The van der Waals surface area contributed by atoms with E-state index in [-0.39, 0.29) is 11.3 Å². The summed E-state index contributed by atoms with van der Waals surface area (Å²) >= 11 is 0. The third kappa shape index (κ3) is 5.10. The van der Waals surface area contributed by atoms with E-state index in [1.165, 1.54) is 17.4 Å². The molecule has 1 amide bonds. The molecule has 0 radical (unpaired) electrons. The lowest BCUT2D eigenvalue weighted by molar-refractivity contribution is 0.0786. The molecule has 0 bridgehead atoms. The number of carbonyl (C=O) groups is 1. The molecule has 2 aliphatic rings. The van der Waals surface area contributed by atoms with Crippen molar-refractivity contribution in [1.29, 1.82) is 0 Å². The zero-order valence-electron chi connectivity index (χ0n) is 18.6. The fourth-order valence-electron chi connectivity index (χ4n) is 4.23. The van der Waals surface area contributed by atoms with E-state index in [0.29, 0.717) is 18.1 Å². The average Bonchev–Trinajstić information content (AvgIpc) is 3.41. The summed E-state index contributed by atoms with van der Waals surface area (Å²) in [4.78, 5) is 23.6. The van der Waals surface area contributed by atoms with Crippen LogP contribution in [0.25, 0.3) is 0 Å². The summed E-state index contributed by atoms with van der Waals surface area (Å²) < 4.78 is 5.60. The van der Waals surface area contributed by atoms with Gasteiger partial charge in [0, 0.05) is 45.8 Å². The summed E-state index contributed by atoms with van der Waals surface area (Å²) in [5, 5.41) is 0. The number of rotatable bonds is 5. The van der Waals surface area contributed by atoms with E-state index >= 15 is 0 Å². The van der Waals surface area contributed by atoms with Crippen LogP contribution in [0.4, 0.5) is 0 Å². The summed E-state index contributed by atoms with van der Waals surface area (Å²) in [6, 6.07) is 9.04. The molecule has 0 saturated carbocycles.